The third kappa shape index (κ3) is 2.26. The van der Waals surface area contributed by atoms with E-state index in [0.29, 0.717) is 32.6 Å². The van der Waals surface area contributed by atoms with E-state index in [2.05, 4.69) is 9.97 Å². The molecule has 21 heavy (non-hydrogen) atoms. The van der Waals surface area contributed by atoms with Crippen LogP contribution in [0.3, 0.4) is 0 Å². The molecule has 7 heteroatoms. The van der Waals surface area contributed by atoms with E-state index < -0.39 is 0 Å². The molecule has 0 spiro atoms. The van der Waals surface area contributed by atoms with Crippen molar-refractivity contribution in [2.24, 2.45) is 0 Å². The summed E-state index contributed by atoms with van der Waals surface area (Å²) in [5.41, 5.74) is 2.26. The van der Waals surface area contributed by atoms with E-state index in [1.807, 2.05) is 12.1 Å². The van der Waals surface area contributed by atoms with Gasteiger partial charge < -0.3 is 14.5 Å². The molecular formula is C14H12ClN3O2S. The van der Waals surface area contributed by atoms with E-state index in [0.717, 1.165) is 5.52 Å². The third-order valence-electron chi connectivity index (χ3n) is 3.14. The summed E-state index contributed by atoms with van der Waals surface area (Å²) in [7, 11) is 3.14. The van der Waals surface area contributed by atoms with Gasteiger partial charge in [-0.3, -0.25) is 4.57 Å². The fraction of sp³-hybridized carbons (Fsp3) is 0.143. The van der Waals surface area contributed by atoms with Crippen LogP contribution in [0.2, 0.25) is 5.02 Å². The number of rotatable bonds is 3. The number of fused-ring (bicyclic) bond motifs is 1. The maximum Gasteiger partial charge on any atom is 0.184 e. The van der Waals surface area contributed by atoms with E-state index >= 15 is 0 Å². The quantitative estimate of drug-likeness (QED) is 0.746. The van der Waals surface area contributed by atoms with Crippen LogP contribution in [-0.2, 0) is 0 Å². The van der Waals surface area contributed by atoms with Gasteiger partial charge in [0.05, 0.1) is 30.4 Å². The minimum atomic E-state index is 0.473. The maximum absolute atomic E-state index is 6.22. The van der Waals surface area contributed by atoms with Gasteiger partial charge in [-0.15, -0.1) is 0 Å². The number of halogens is 1. The van der Waals surface area contributed by atoms with Gasteiger partial charge in [0.1, 0.15) is 11.5 Å². The zero-order chi connectivity index (χ0) is 15.0. The highest BCUT2D eigenvalue weighted by molar-refractivity contribution is 7.71. The minimum absolute atomic E-state index is 0.473. The lowest BCUT2D eigenvalue weighted by atomic mass is 10.2. The lowest BCUT2D eigenvalue weighted by molar-refractivity contribution is 0.393. The molecule has 108 valence electrons. The van der Waals surface area contributed by atoms with Crippen LogP contribution >= 0.6 is 23.8 Å². The molecule has 0 amide bonds. The number of aromatic nitrogens is 3. The van der Waals surface area contributed by atoms with Crippen LogP contribution in [0.4, 0.5) is 0 Å². The summed E-state index contributed by atoms with van der Waals surface area (Å²) in [6.45, 7) is 0. The number of imidazole rings is 1. The Kier molecular flexibility index (Phi) is 3.57. The highest BCUT2D eigenvalue weighted by Crippen LogP contribution is 2.35. The smallest absolute Gasteiger partial charge is 0.184 e. The fourth-order valence-corrected chi connectivity index (χ4v) is 2.71. The Balaban J connectivity index is 2.35. The Morgan fingerprint density at radius 2 is 2.00 bits per heavy atom. The number of aromatic amines is 1. The molecule has 0 aliphatic rings. The Morgan fingerprint density at radius 3 is 2.71 bits per heavy atom. The second-order valence-corrected chi connectivity index (χ2v) is 5.09. The molecule has 1 aromatic carbocycles. The first-order valence-corrected chi connectivity index (χ1v) is 6.92. The zero-order valence-electron chi connectivity index (χ0n) is 11.4. The predicted molar refractivity (Wildman–Crippen MR) is 84.4 cm³/mol. The van der Waals surface area contributed by atoms with Gasteiger partial charge >= 0.3 is 0 Å². The van der Waals surface area contributed by atoms with E-state index in [4.69, 9.17) is 33.3 Å². The third-order valence-corrected chi connectivity index (χ3v) is 3.72. The van der Waals surface area contributed by atoms with Crippen molar-refractivity contribution < 1.29 is 9.47 Å². The molecule has 0 saturated carbocycles. The number of nitrogens with one attached hydrogen (secondary N) is 1. The molecule has 0 saturated heterocycles. The molecule has 2 heterocycles. The van der Waals surface area contributed by atoms with E-state index in [9.17, 15) is 0 Å². The Bertz CT molecular complexity index is 872. The van der Waals surface area contributed by atoms with Crippen LogP contribution < -0.4 is 9.47 Å². The number of methoxy groups -OCH3 is 2. The molecule has 0 bridgehead atoms. The van der Waals surface area contributed by atoms with Crippen molar-refractivity contribution >= 4 is 35.0 Å². The van der Waals surface area contributed by atoms with Gasteiger partial charge in [0.25, 0.3) is 0 Å². The Labute approximate surface area is 131 Å². The molecule has 5 nitrogen and oxygen atoms in total. The van der Waals surface area contributed by atoms with Gasteiger partial charge in [-0.1, -0.05) is 11.6 Å². The summed E-state index contributed by atoms with van der Waals surface area (Å²) < 4.78 is 12.9. The van der Waals surface area contributed by atoms with Gasteiger partial charge in [0.2, 0.25) is 0 Å². The van der Waals surface area contributed by atoms with Crippen molar-refractivity contribution in [3.8, 4) is 17.2 Å². The minimum Gasteiger partial charge on any atom is -0.495 e. The first kappa shape index (κ1) is 13.9. The average Bonchev–Trinajstić information content (AvgIpc) is 2.82. The number of hydrogen-bond acceptors (Lipinski definition) is 4. The molecule has 0 radical (unpaired) electrons. The summed E-state index contributed by atoms with van der Waals surface area (Å²) in [5.74, 6) is 1.13. The van der Waals surface area contributed by atoms with Crippen LogP contribution in [-0.4, -0.2) is 28.8 Å². The molecular weight excluding hydrogens is 310 g/mol. The fourth-order valence-electron chi connectivity index (χ4n) is 2.18. The van der Waals surface area contributed by atoms with E-state index in [-0.39, 0.29) is 0 Å². The number of H-pyrrole nitrogens is 1. The number of pyridine rings is 1. The molecule has 0 atom stereocenters. The number of hydrogen-bond donors (Lipinski definition) is 1. The summed E-state index contributed by atoms with van der Waals surface area (Å²) >= 11 is 11.6. The molecule has 0 fully saturated rings. The number of nitrogens with zero attached hydrogens (tertiary/aromatic N) is 2. The van der Waals surface area contributed by atoms with Gasteiger partial charge in [-0.25, -0.2) is 4.98 Å². The maximum atomic E-state index is 6.22. The zero-order valence-corrected chi connectivity index (χ0v) is 13.0. The van der Waals surface area contributed by atoms with Crippen molar-refractivity contribution in [2.75, 3.05) is 14.2 Å². The standard InChI is InChI=1S/C14H12ClN3O2S/c1-19-11-7-12(20-2)10(6-8(11)15)18-13-9(17-14(18)21)4-3-5-16-13/h3-7H,1-2H3,(H,17,21). The first-order chi connectivity index (χ1) is 10.2. The molecule has 0 aliphatic carbocycles. The van der Waals surface area contributed by atoms with Crippen LogP contribution in [0.25, 0.3) is 16.9 Å². The van der Waals surface area contributed by atoms with E-state index in [1.165, 1.54) is 0 Å². The number of benzene rings is 1. The van der Waals surface area contributed by atoms with Crippen molar-refractivity contribution in [1.82, 2.24) is 14.5 Å². The molecule has 3 rings (SSSR count). The lowest BCUT2D eigenvalue weighted by Gasteiger charge is -2.13. The first-order valence-electron chi connectivity index (χ1n) is 6.13. The molecule has 1 N–H and O–H groups in total. The van der Waals surface area contributed by atoms with Crippen LogP contribution in [0.15, 0.2) is 30.5 Å². The summed E-state index contributed by atoms with van der Waals surface area (Å²) in [6, 6.07) is 7.22. The monoisotopic (exact) mass is 321 g/mol. The van der Waals surface area contributed by atoms with Crippen molar-refractivity contribution in [2.45, 2.75) is 0 Å². The van der Waals surface area contributed by atoms with Crippen molar-refractivity contribution in [1.29, 1.82) is 0 Å². The summed E-state index contributed by atoms with van der Waals surface area (Å²) in [5, 5.41) is 0.473. The molecule has 2 aromatic heterocycles. The topological polar surface area (TPSA) is 52.1 Å². The predicted octanol–water partition coefficient (Wildman–Crippen LogP) is 3.75. The summed E-state index contributed by atoms with van der Waals surface area (Å²) in [4.78, 5) is 7.47. The molecule has 3 aromatic rings. The molecule has 0 unspecified atom stereocenters. The highest BCUT2D eigenvalue weighted by Gasteiger charge is 2.15. The second-order valence-electron chi connectivity index (χ2n) is 4.30. The van der Waals surface area contributed by atoms with E-state index in [1.54, 1.807) is 37.1 Å². The Hall–Kier alpha value is -2.05. The lowest BCUT2D eigenvalue weighted by Crippen LogP contribution is -2.00. The van der Waals surface area contributed by atoms with Gasteiger partial charge in [0, 0.05) is 12.3 Å². The molecule has 0 aliphatic heterocycles. The Morgan fingerprint density at radius 1 is 1.24 bits per heavy atom. The normalized spacial score (nSPS) is 10.8. The highest BCUT2D eigenvalue weighted by atomic mass is 35.5. The van der Waals surface area contributed by atoms with Crippen molar-refractivity contribution in [3.63, 3.8) is 0 Å². The number of ether oxygens (including phenoxy) is 2. The largest absolute Gasteiger partial charge is 0.495 e. The summed E-state index contributed by atoms with van der Waals surface area (Å²) in [6.07, 6.45) is 1.71. The second kappa shape index (κ2) is 5.38. The van der Waals surface area contributed by atoms with Gasteiger partial charge in [-0.2, -0.15) is 0 Å². The van der Waals surface area contributed by atoms with Crippen LogP contribution in [0.1, 0.15) is 0 Å². The average molecular weight is 322 g/mol. The van der Waals surface area contributed by atoms with Crippen LogP contribution in [0, 0.1) is 4.77 Å². The van der Waals surface area contributed by atoms with Gasteiger partial charge in [-0.05, 0) is 30.4 Å². The van der Waals surface area contributed by atoms with Crippen molar-refractivity contribution in [3.05, 3.63) is 40.3 Å². The SMILES string of the molecule is COc1cc(OC)c(-n2c(=S)[nH]c3cccnc32)cc1Cl. The van der Waals surface area contributed by atoms with Crippen LogP contribution in [0.5, 0.6) is 11.5 Å². The van der Waals surface area contributed by atoms with Gasteiger partial charge in [0.15, 0.2) is 10.4 Å².